The molecule has 0 bridgehead atoms. The van der Waals surface area contributed by atoms with Crippen molar-refractivity contribution in [2.24, 2.45) is 0 Å². The summed E-state index contributed by atoms with van der Waals surface area (Å²) in [5.74, 6) is 0.740. The molecule has 0 spiro atoms. The summed E-state index contributed by atoms with van der Waals surface area (Å²) < 4.78 is 6.61. The number of hydrogen-bond donors (Lipinski definition) is 2. The van der Waals surface area contributed by atoms with E-state index < -0.39 is 0 Å². The largest absolute Gasteiger partial charge is 0.486 e. The van der Waals surface area contributed by atoms with E-state index in [9.17, 15) is 4.79 Å². The molecule has 0 aliphatic heterocycles. The van der Waals surface area contributed by atoms with E-state index in [4.69, 9.17) is 4.74 Å². The molecule has 1 heterocycles. The fraction of sp³-hybridized carbons (Fsp3) is 0.0625. The normalized spacial score (nSPS) is 10.2. The van der Waals surface area contributed by atoms with Crippen LogP contribution in [0.25, 0.3) is 0 Å². The number of hydrogen-bond acceptors (Lipinski definition) is 5. The number of nitrogens with zero attached hydrogens (tertiary/aromatic N) is 2. The van der Waals surface area contributed by atoms with Crippen LogP contribution >= 0.6 is 27.3 Å². The van der Waals surface area contributed by atoms with Crippen LogP contribution in [-0.4, -0.2) is 16.2 Å². The van der Waals surface area contributed by atoms with Crippen LogP contribution in [0.3, 0.4) is 0 Å². The Kier molecular flexibility index (Phi) is 5.39. The molecule has 2 amide bonds. The lowest BCUT2D eigenvalue weighted by Gasteiger charge is -2.04. The zero-order chi connectivity index (χ0) is 16.8. The summed E-state index contributed by atoms with van der Waals surface area (Å²) in [5, 5.41) is 14.4. The number of anilines is 2. The number of para-hydroxylation sites is 1. The number of carbonyl (C=O) groups is 1. The Hall–Kier alpha value is -2.45. The predicted molar refractivity (Wildman–Crippen MR) is 97.5 cm³/mol. The second-order valence-corrected chi connectivity index (χ2v) is 6.67. The van der Waals surface area contributed by atoms with Crippen molar-refractivity contribution >= 4 is 44.1 Å². The van der Waals surface area contributed by atoms with Crippen LogP contribution in [0.1, 0.15) is 5.01 Å². The van der Waals surface area contributed by atoms with Gasteiger partial charge in [0.05, 0.1) is 0 Å². The molecule has 6 nitrogen and oxygen atoms in total. The number of urea groups is 1. The Balaban J connectivity index is 1.51. The monoisotopic (exact) mass is 404 g/mol. The van der Waals surface area contributed by atoms with Crippen molar-refractivity contribution in [1.82, 2.24) is 10.2 Å². The highest BCUT2D eigenvalue weighted by molar-refractivity contribution is 9.10. The number of nitrogens with one attached hydrogen (secondary N) is 2. The molecule has 0 fully saturated rings. The van der Waals surface area contributed by atoms with Crippen molar-refractivity contribution in [3.05, 3.63) is 64.1 Å². The first kappa shape index (κ1) is 16.4. The van der Waals surface area contributed by atoms with Gasteiger partial charge < -0.3 is 10.1 Å². The molecule has 2 N–H and O–H groups in total. The third kappa shape index (κ3) is 4.77. The van der Waals surface area contributed by atoms with E-state index in [1.807, 2.05) is 42.5 Å². The van der Waals surface area contributed by atoms with E-state index in [0.29, 0.717) is 22.4 Å². The maximum atomic E-state index is 11.9. The van der Waals surface area contributed by atoms with Crippen molar-refractivity contribution in [3.63, 3.8) is 0 Å². The van der Waals surface area contributed by atoms with Crippen LogP contribution in [0, 0.1) is 0 Å². The first-order chi connectivity index (χ1) is 11.7. The highest BCUT2D eigenvalue weighted by atomic mass is 79.9. The molecule has 0 aliphatic carbocycles. The van der Waals surface area contributed by atoms with Crippen molar-refractivity contribution < 1.29 is 9.53 Å². The molecule has 122 valence electrons. The quantitative estimate of drug-likeness (QED) is 0.654. The van der Waals surface area contributed by atoms with E-state index in [1.54, 1.807) is 12.1 Å². The van der Waals surface area contributed by atoms with Gasteiger partial charge in [0, 0.05) is 10.2 Å². The SMILES string of the molecule is O=C(Nc1ccccc1)Nc1nnc(COc2ccc(Br)cc2)s1. The lowest BCUT2D eigenvalue weighted by molar-refractivity contribution is 0.262. The van der Waals surface area contributed by atoms with Crippen molar-refractivity contribution in [1.29, 1.82) is 0 Å². The van der Waals surface area contributed by atoms with Crippen LogP contribution < -0.4 is 15.4 Å². The molecule has 8 heteroatoms. The molecule has 0 aliphatic rings. The zero-order valence-corrected chi connectivity index (χ0v) is 14.8. The molecule has 0 saturated carbocycles. The Bertz CT molecular complexity index is 808. The van der Waals surface area contributed by atoms with Gasteiger partial charge in [0.25, 0.3) is 0 Å². The van der Waals surface area contributed by atoms with E-state index in [1.165, 1.54) is 11.3 Å². The second-order valence-electron chi connectivity index (χ2n) is 4.69. The molecule has 1 aromatic heterocycles. The van der Waals surface area contributed by atoms with Gasteiger partial charge >= 0.3 is 6.03 Å². The van der Waals surface area contributed by atoms with Gasteiger partial charge in [-0.3, -0.25) is 5.32 Å². The van der Waals surface area contributed by atoms with Crippen LogP contribution in [-0.2, 0) is 6.61 Å². The van der Waals surface area contributed by atoms with Crippen LogP contribution in [0.4, 0.5) is 15.6 Å². The summed E-state index contributed by atoms with van der Waals surface area (Å²) in [6, 6.07) is 16.3. The van der Waals surface area contributed by atoms with Gasteiger partial charge in [0.1, 0.15) is 12.4 Å². The maximum Gasteiger partial charge on any atom is 0.325 e. The summed E-state index contributed by atoms with van der Waals surface area (Å²) in [7, 11) is 0. The van der Waals surface area contributed by atoms with E-state index >= 15 is 0 Å². The average Bonchev–Trinajstić information content (AvgIpc) is 3.02. The van der Waals surface area contributed by atoms with E-state index in [0.717, 1.165) is 10.2 Å². The Morgan fingerprint density at radius 1 is 1.04 bits per heavy atom. The lowest BCUT2D eigenvalue weighted by Crippen LogP contribution is -2.19. The number of amides is 2. The molecule has 3 aromatic rings. The maximum absolute atomic E-state index is 11.9. The molecule has 24 heavy (non-hydrogen) atoms. The van der Waals surface area contributed by atoms with Crippen LogP contribution in [0.2, 0.25) is 0 Å². The van der Waals surface area contributed by atoms with Gasteiger partial charge in [0.2, 0.25) is 5.13 Å². The number of ether oxygens (including phenoxy) is 1. The number of halogens is 1. The van der Waals surface area contributed by atoms with Gasteiger partial charge in [-0.1, -0.05) is 45.5 Å². The molecular weight excluding hydrogens is 392 g/mol. The highest BCUT2D eigenvalue weighted by Crippen LogP contribution is 2.20. The van der Waals surface area contributed by atoms with Crippen molar-refractivity contribution in [2.45, 2.75) is 6.61 Å². The van der Waals surface area contributed by atoms with Crippen LogP contribution in [0.15, 0.2) is 59.1 Å². The molecule has 3 rings (SSSR count). The molecule has 2 aromatic carbocycles. The Morgan fingerprint density at radius 2 is 1.79 bits per heavy atom. The number of benzene rings is 2. The molecule has 0 atom stereocenters. The lowest BCUT2D eigenvalue weighted by atomic mass is 10.3. The Labute approximate surface area is 151 Å². The third-order valence-electron chi connectivity index (χ3n) is 2.89. The minimum atomic E-state index is -0.363. The van der Waals surface area contributed by atoms with Gasteiger partial charge in [-0.15, -0.1) is 10.2 Å². The molecule has 0 unspecified atom stereocenters. The first-order valence-corrected chi connectivity index (χ1v) is 8.64. The second kappa shape index (κ2) is 7.89. The summed E-state index contributed by atoms with van der Waals surface area (Å²) >= 11 is 4.64. The van der Waals surface area contributed by atoms with Crippen molar-refractivity contribution in [2.75, 3.05) is 10.6 Å². The number of aromatic nitrogens is 2. The van der Waals surface area contributed by atoms with Gasteiger partial charge in [0.15, 0.2) is 5.01 Å². The van der Waals surface area contributed by atoms with E-state index in [-0.39, 0.29) is 6.03 Å². The smallest absolute Gasteiger partial charge is 0.325 e. The standard InChI is InChI=1S/C16H13BrN4O2S/c17-11-6-8-13(9-7-11)23-10-14-20-21-16(24-14)19-15(22)18-12-4-2-1-3-5-12/h1-9H,10H2,(H2,18,19,21,22). The molecule has 0 saturated heterocycles. The summed E-state index contributed by atoms with van der Waals surface area (Å²) in [5.41, 5.74) is 0.707. The minimum Gasteiger partial charge on any atom is -0.486 e. The first-order valence-electron chi connectivity index (χ1n) is 7.03. The predicted octanol–water partition coefficient (Wildman–Crippen LogP) is 4.52. The van der Waals surface area contributed by atoms with Crippen molar-refractivity contribution in [3.8, 4) is 5.75 Å². The summed E-state index contributed by atoms with van der Waals surface area (Å²) in [6.45, 7) is 0.293. The van der Waals surface area contributed by atoms with Gasteiger partial charge in [-0.25, -0.2) is 4.79 Å². The summed E-state index contributed by atoms with van der Waals surface area (Å²) in [6.07, 6.45) is 0. The number of carbonyl (C=O) groups excluding carboxylic acids is 1. The topological polar surface area (TPSA) is 76.1 Å². The molecular formula is C16H13BrN4O2S. The van der Waals surface area contributed by atoms with Gasteiger partial charge in [-0.05, 0) is 36.4 Å². The van der Waals surface area contributed by atoms with Crippen LogP contribution in [0.5, 0.6) is 5.75 Å². The minimum absolute atomic E-state index is 0.293. The number of rotatable bonds is 5. The van der Waals surface area contributed by atoms with Gasteiger partial charge in [-0.2, -0.15) is 0 Å². The Morgan fingerprint density at radius 3 is 2.54 bits per heavy atom. The third-order valence-corrected chi connectivity index (χ3v) is 4.24. The summed E-state index contributed by atoms with van der Waals surface area (Å²) in [4.78, 5) is 11.9. The van der Waals surface area contributed by atoms with E-state index in [2.05, 4.69) is 36.8 Å². The average molecular weight is 405 g/mol. The highest BCUT2D eigenvalue weighted by Gasteiger charge is 2.09. The molecule has 0 radical (unpaired) electrons. The fourth-order valence-electron chi connectivity index (χ4n) is 1.82. The fourth-order valence-corrected chi connectivity index (χ4v) is 2.73. The zero-order valence-electron chi connectivity index (χ0n) is 12.4.